The van der Waals surface area contributed by atoms with E-state index in [1.807, 2.05) is 13.0 Å². The van der Waals surface area contributed by atoms with Gasteiger partial charge in [-0.1, -0.05) is 6.07 Å². The van der Waals surface area contributed by atoms with Crippen molar-refractivity contribution in [1.82, 2.24) is 4.90 Å². The summed E-state index contributed by atoms with van der Waals surface area (Å²) in [4.78, 5) is 26.3. The molecule has 1 fully saturated rings. The minimum Gasteiger partial charge on any atom is -0.383 e. The maximum absolute atomic E-state index is 12.5. The Balaban J connectivity index is 1.62. The van der Waals surface area contributed by atoms with Gasteiger partial charge in [-0.2, -0.15) is 0 Å². The van der Waals surface area contributed by atoms with Crippen LogP contribution in [0.3, 0.4) is 0 Å². The van der Waals surface area contributed by atoms with Crippen molar-refractivity contribution in [1.29, 1.82) is 0 Å². The number of carbonyl (C=O) groups is 2. The second-order valence-electron chi connectivity index (χ2n) is 6.58. The van der Waals surface area contributed by atoms with E-state index < -0.39 is 0 Å². The van der Waals surface area contributed by atoms with Gasteiger partial charge in [-0.05, 0) is 49.4 Å². The summed E-state index contributed by atoms with van der Waals surface area (Å²) in [5.74, 6) is -0.317. The Labute approximate surface area is 137 Å². The first-order valence-corrected chi connectivity index (χ1v) is 8.29. The van der Waals surface area contributed by atoms with Crippen molar-refractivity contribution in [3.8, 4) is 0 Å². The van der Waals surface area contributed by atoms with Crippen molar-refractivity contribution in [2.75, 3.05) is 25.6 Å². The van der Waals surface area contributed by atoms with Crippen molar-refractivity contribution in [2.24, 2.45) is 5.92 Å². The van der Waals surface area contributed by atoms with E-state index in [1.54, 1.807) is 12.0 Å². The second kappa shape index (κ2) is 6.71. The number of benzene rings is 1. The van der Waals surface area contributed by atoms with Gasteiger partial charge < -0.3 is 15.0 Å². The van der Waals surface area contributed by atoms with Gasteiger partial charge in [-0.25, -0.2) is 0 Å². The van der Waals surface area contributed by atoms with Crippen molar-refractivity contribution >= 4 is 17.5 Å². The fraction of sp³-hybridized carbons (Fsp3) is 0.556. The first-order chi connectivity index (χ1) is 11.1. The van der Waals surface area contributed by atoms with E-state index in [2.05, 4.69) is 17.4 Å². The topological polar surface area (TPSA) is 58.6 Å². The van der Waals surface area contributed by atoms with Crippen LogP contribution in [0.25, 0.3) is 0 Å². The Morgan fingerprint density at radius 1 is 1.39 bits per heavy atom. The Morgan fingerprint density at radius 3 is 2.96 bits per heavy atom. The number of nitrogens with zero attached hydrogens (tertiary/aromatic N) is 1. The molecule has 2 atom stereocenters. The van der Waals surface area contributed by atoms with Gasteiger partial charge in [0.05, 0.1) is 18.6 Å². The maximum Gasteiger partial charge on any atom is 0.229 e. The smallest absolute Gasteiger partial charge is 0.229 e. The third-order valence-corrected chi connectivity index (χ3v) is 4.84. The number of likely N-dealkylation sites (tertiary alicyclic amines) is 1. The molecule has 1 saturated heterocycles. The second-order valence-corrected chi connectivity index (χ2v) is 6.58. The third kappa shape index (κ3) is 3.39. The largest absolute Gasteiger partial charge is 0.383 e. The molecule has 0 saturated carbocycles. The molecule has 0 spiro atoms. The molecule has 124 valence electrons. The minimum absolute atomic E-state index is 0.00490. The lowest BCUT2D eigenvalue weighted by Gasteiger charge is -2.23. The molecule has 1 N–H and O–H groups in total. The highest BCUT2D eigenvalue weighted by molar-refractivity contribution is 5.97. The number of methoxy groups -OCH3 is 1. The summed E-state index contributed by atoms with van der Waals surface area (Å²) in [5.41, 5.74) is 3.56. The molecule has 2 amide bonds. The van der Waals surface area contributed by atoms with E-state index in [9.17, 15) is 9.59 Å². The summed E-state index contributed by atoms with van der Waals surface area (Å²) in [5, 5.41) is 2.98. The highest BCUT2D eigenvalue weighted by Gasteiger charge is 2.36. The number of rotatable bonds is 5. The molecular weight excluding hydrogens is 292 g/mol. The van der Waals surface area contributed by atoms with Crippen LogP contribution in [0.4, 0.5) is 5.69 Å². The molecule has 0 bridgehead atoms. The zero-order valence-corrected chi connectivity index (χ0v) is 13.8. The summed E-state index contributed by atoms with van der Waals surface area (Å²) in [6.07, 6.45) is 3.69. The molecule has 0 aromatic heterocycles. The van der Waals surface area contributed by atoms with Crippen molar-refractivity contribution in [3.05, 3.63) is 29.3 Å². The van der Waals surface area contributed by atoms with Gasteiger partial charge in [0.15, 0.2) is 0 Å². The van der Waals surface area contributed by atoms with Gasteiger partial charge in [0.25, 0.3) is 0 Å². The number of amides is 2. The van der Waals surface area contributed by atoms with E-state index in [0.29, 0.717) is 13.2 Å². The van der Waals surface area contributed by atoms with Crippen LogP contribution in [-0.2, 0) is 27.2 Å². The van der Waals surface area contributed by atoms with Crippen LogP contribution in [0.1, 0.15) is 30.9 Å². The average Bonchev–Trinajstić information content (AvgIpc) is 3.13. The Bertz CT molecular complexity index is 614. The molecule has 0 radical (unpaired) electrons. The number of ether oxygens (including phenoxy) is 1. The fourth-order valence-corrected chi connectivity index (χ4v) is 3.56. The van der Waals surface area contributed by atoms with E-state index >= 15 is 0 Å². The molecule has 1 heterocycles. The summed E-state index contributed by atoms with van der Waals surface area (Å²) < 4.78 is 5.10. The van der Waals surface area contributed by atoms with Gasteiger partial charge >= 0.3 is 0 Å². The first-order valence-electron chi connectivity index (χ1n) is 8.29. The average molecular weight is 316 g/mol. The van der Waals surface area contributed by atoms with Crippen LogP contribution in [0.15, 0.2) is 18.2 Å². The van der Waals surface area contributed by atoms with Gasteiger partial charge in [0.1, 0.15) is 0 Å². The summed E-state index contributed by atoms with van der Waals surface area (Å²) >= 11 is 0. The highest BCUT2D eigenvalue weighted by atomic mass is 16.5. The molecule has 3 rings (SSSR count). The molecular formula is C18H24N2O3. The number of hydrogen-bond donors (Lipinski definition) is 1. The lowest BCUT2D eigenvalue weighted by molar-refractivity contribution is -0.130. The van der Waals surface area contributed by atoms with Crippen molar-refractivity contribution in [2.45, 2.75) is 38.6 Å². The van der Waals surface area contributed by atoms with Crippen molar-refractivity contribution < 1.29 is 14.3 Å². The number of nitrogens with one attached hydrogen (secondary N) is 1. The summed E-state index contributed by atoms with van der Waals surface area (Å²) in [6, 6.07) is 6.14. The quantitative estimate of drug-likeness (QED) is 0.904. The molecule has 1 aromatic rings. The molecule has 5 heteroatoms. The van der Waals surface area contributed by atoms with Crippen LogP contribution < -0.4 is 5.32 Å². The number of hydrogen-bond acceptors (Lipinski definition) is 3. The van der Waals surface area contributed by atoms with E-state index in [1.165, 1.54) is 17.5 Å². The van der Waals surface area contributed by atoms with E-state index in [0.717, 1.165) is 18.5 Å². The fourth-order valence-electron chi connectivity index (χ4n) is 3.56. The van der Waals surface area contributed by atoms with Gasteiger partial charge in [-0.15, -0.1) is 0 Å². The SMILES string of the molecule is COCC(C)N1CC(C(=O)Nc2ccc3c(c2)CCC3)CC1=O. The van der Waals surface area contributed by atoms with Gasteiger partial charge in [-0.3, -0.25) is 9.59 Å². The molecule has 23 heavy (non-hydrogen) atoms. The summed E-state index contributed by atoms with van der Waals surface area (Å²) in [6.45, 7) is 2.91. The van der Waals surface area contributed by atoms with Crippen LogP contribution >= 0.6 is 0 Å². The predicted molar refractivity (Wildman–Crippen MR) is 88.3 cm³/mol. The molecule has 2 aliphatic rings. The van der Waals surface area contributed by atoms with Crippen LogP contribution in [0, 0.1) is 5.92 Å². The molecule has 1 aliphatic heterocycles. The number of anilines is 1. The third-order valence-electron chi connectivity index (χ3n) is 4.84. The lowest BCUT2D eigenvalue weighted by atomic mass is 10.1. The molecule has 1 aromatic carbocycles. The Kier molecular flexibility index (Phi) is 4.66. The summed E-state index contributed by atoms with van der Waals surface area (Å²) in [7, 11) is 1.62. The van der Waals surface area contributed by atoms with Crippen molar-refractivity contribution in [3.63, 3.8) is 0 Å². The zero-order chi connectivity index (χ0) is 16.4. The highest BCUT2D eigenvalue weighted by Crippen LogP contribution is 2.26. The normalized spacial score (nSPS) is 21.4. The Hall–Kier alpha value is -1.88. The minimum atomic E-state index is -0.282. The van der Waals surface area contributed by atoms with E-state index in [-0.39, 0.29) is 30.2 Å². The molecule has 5 nitrogen and oxygen atoms in total. The van der Waals surface area contributed by atoms with Gasteiger partial charge in [0.2, 0.25) is 11.8 Å². The van der Waals surface area contributed by atoms with Gasteiger partial charge in [0, 0.05) is 25.8 Å². The standard InChI is InChI=1S/C18H24N2O3/c1-12(11-23-2)20-10-15(9-17(20)21)18(22)19-16-7-6-13-4-3-5-14(13)8-16/h6-8,12,15H,3-5,9-11H2,1-2H3,(H,19,22). The molecule has 2 unspecified atom stereocenters. The number of carbonyl (C=O) groups excluding carboxylic acids is 2. The zero-order valence-electron chi connectivity index (χ0n) is 13.8. The van der Waals surface area contributed by atoms with E-state index in [4.69, 9.17) is 4.74 Å². The number of aryl methyl sites for hydroxylation is 2. The molecule has 1 aliphatic carbocycles. The van der Waals surface area contributed by atoms with Crippen LogP contribution in [-0.4, -0.2) is 43.0 Å². The lowest BCUT2D eigenvalue weighted by Crippen LogP contribution is -2.38. The monoisotopic (exact) mass is 316 g/mol. The maximum atomic E-state index is 12.5. The Morgan fingerprint density at radius 2 is 2.17 bits per heavy atom. The van der Waals surface area contributed by atoms with Crippen LogP contribution in [0.5, 0.6) is 0 Å². The first kappa shape index (κ1) is 16.0. The predicted octanol–water partition coefficient (Wildman–Crippen LogP) is 2.00. The number of fused-ring (bicyclic) bond motifs is 1. The van der Waals surface area contributed by atoms with Crippen LogP contribution in [0.2, 0.25) is 0 Å².